The Kier molecular flexibility index (Phi) is 5.84. The molecule has 2 aliphatic heterocycles. The number of thiazole rings is 1. The molecule has 2 fully saturated rings. The molecule has 2 N–H and O–H groups in total. The van der Waals surface area contributed by atoms with Crippen LogP contribution in [0.5, 0.6) is 5.75 Å². The number of nitrogens with one attached hydrogen (secondary N) is 1. The van der Waals surface area contributed by atoms with Crippen LogP contribution in [-0.2, 0) is 4.74 Å². The van der Waals surface area contributed by atoms with Gasteiger partial charge in [0, 0.05) is 32.8 Å². The summed E-state index contributed by atoms with van der Waals surface area (Å²) in [6.45, 7) is 4.47. The standard InChI is InChI=1S/C19H26N4O4S/c1-26-15-5-4-14(22-7-9-27-10-8-22)17-16(15)20-18(28-17)21-19(25)23-6-2-3-13(11-23)12-24/h4-5,13,24H,2-3,6-12H2,1H3,(H,20,21,25)/t13-/m1/s1. The van der Waals surface area contributed by atoms with E-state index >= 15 is 0 Å². The lowest BCUT2D eigenvalue weighted by Gasteiger charge is -2.31. The lowest BCUT2D eigenvalue weighted by Crippen LogP contribution is -2.43. The highest BCUT2D eigenvalue weighted by Gasteiger charge is 2.25. The minimum absolute atomic E-state index is 0.116. The van der Waals surface area contributed by atoms with Gasteiger partial charge in [-0.25, -0.2) is 9.78 Å². The molecule has 2 amide bonds. The summed E-state index contributed by atoms with van der Waals surface area (Å²) in [4.78, 5) is 21.4. The van der Waals surface area contributed by atoms with Gasteiger partial charge in [0.25, 0.3) is 0 Å². The van der Waals surface area contributed by atoms with Gasteiger partial charge in [0.15, 0.2) is 5.13 Å². The van der Waals surface area contributed by atoms with Crippen LogP contribution in [0.4, 0.5) is 15.6 Å². The van der Waals surface area contributed by atoms with E-state index in [2.05, 4.69) is 15.2 Å². The minimum atomic E-state index is -0.163. The predicted molar refractivity (Wildman–Crippen MR) is 110 cm³/mol. The first-order valence-corrected chi connectivity index (χ1v) is 10.5. The number of anilines is 2. The summed E-state index contributed by atoms with van der Waals surface area (Å²) in [6, 6.07) is 3.81. The van der Waals surface area contributed by atoms with Crippen molar-refractivity contribution in [1.82, 2.24) is 9.88 Å². The fraction of sp³-hybridized carbons (Fsp3) is 0.579. The molecule has 1 aromatic carbocycles. The Bertz CT molecular complexity index is 837. The highest BCUT2D eigenvalue weighted by Crippen LogP contribution is 2.39. The molecule has 28 heavy (non-hydrogen) atoms. The molecule has 0 saturated carbocycles. The number of carbonyl (C=O) groups is 1. The number of fused-ring (bicyclic) bond motifs is 1. The predicted octanol–water partition coefficient (Wildman–Crippen LogP) is 2.38. The summed E-state index contributed by atoms with van der Waals surface area (Å²) in [5.41, 5.74) is 1.86. The fourth-order valence-corrected chi connectivity index (χ4v) is 4.82. The van der Waals surface area contributed by atoms with E-state index in [9.17, 15) is 9.90 Å². The van der Waals surface area contributed by atoms with Crippen molar-refractivity contribution in [3.63, 3.8) is 0 Å². The summed E-state index contributed by atoms with van der Waals surface area (Å²) in [7, 11) is 1.63. The van der Waals surface area contributed by atoms with Crippen LogP contribution in [0, 0.1) is 5.92 Å². The van der Waals surface area contributed by atoms with E-state index in [0.717, 1.165) is 41.8 Å². The highest BCUT2D eigenvalue weighted by atomic mass is 32.1. The number of hydrogen-bond donors (Lipinski definition) is 2. The number of benzene rings is 1. The van der Waals surface area contributed by atoms with Gasteiger partial charge in [-0.3, -0.25) is 5.32 Å². The Labute approximate surface area is 168 Å². The highest BCUT2D eigenvalue weighted by molar-refractivity contribution is 7.23. The van der Waals surface area contributed by atoms with Gasteiger partial charge in [-0.2, -0.15) is 0 Å². The minimum Gasteiger partial charge on any atom is -0.494 e. The normalized spacial score (nSPS) is 20.4. The summed E-state index contributed by atoms with van der Waals surface area (Å²) in [5, 5.41) is 12.9. The number of rotatable bonds is 4. The Morgan fingerprint density at radius 1 is 1.39 bits per heavy atom. The molecule has 0 aliphatic carbocycles. The summed E-state index contributed by atoms with van der Waals surface area (Å²) >= 11 is 1.46. The van der Waals surface area contributed by atoms with Gasteiger partial charge in [0.1, 0.15) is 11.3 Å². The zero-order valence-corrected chi connectivity index (χ0v) is 16.8. The summed E-state index contributed by atoms with van der Waals surface area (Å²) < 4.78 is 11.9. The second kappa shape index (κ2) is 8.50. The van der Waals surface area contributed by atoms with E-state index in [4.69, 9.17) is 9.47 Å². The lowest BCUT2D eigenvalue weighted by atomic mass is 9.99. The van der Waals surface area contributed by atoms with E-state index in [-0.39, 0.29) is 18.6 Å². The van der Waals surface area contributed by atoms with E-state index in [1.54, 1.807) is 12.0 Å². The van der Waals surface area contributed by atoms with Crippen molar-refractivity contribution in [2.45, 2.75) is 12.8 Å². The molecule has 2 aromatic rings. The molecule has 152 valence electrons. The first kappa shape index (κ1) is 19.2. The van der Waals surface area contributed by atoms with Crippen LogP contribution >= 0.6 is 11.3 Å². The van der Waals surface area contributed by atoms with Gasteiger partial charge in [0.2, 0.25) is 0 Å². The van der Waals surface area contributed by atoms with Gasteiger partial charge >= 0.3 is 6.03 Å². The number of ether oxygens (including phenoxy) is 2. The number of likely N-dealkylation sites (tertiary alicyclic amines) is 1. The van der Waals surface area contributed by atoms with Crippen molar-refractivity contribution in [2.75, 3.05) is 63.3 Å². The number of nitrogens with zero attached hydrogens (tertiary/aromatic N) is 3. The number of morpholine rings is 1. The van der Waals surface area contributed by atoms with Crippen LogP contribution in [-0.4, -0.2) is 74.1 Å². The molecule has 0 radical (unpaired) electrons. The summed E-state index contributed by atoms with van der Waals surface area (Å²) in [5.74, 6) is 0.852. The van der Waals surface area contributed by atoms with Gasteiger partial charge in [-0.15, -0.1) is 0 Å². The second-order valence-electron chi connectivity index (χ2n) is 7.15. The maximum atomic E-state index is 12.7. The Morgan fingerprint density at radius 3 is 2.96 bits per heavy atom. The molecule has 3 heterocycles. The van der Waals surface area contributed by atoms with Crippen LogP contribution in [0.1, 0.15) is 12.8 Å². The number of piperidine rings is 1. The molecule has 0 bridgehead atoms. The number of carbonyl (C=O) groups excluding carboxylic acids is 1. The van der Waals surface area contributed by atoms with Gasteiger partial charge in [-0.1, -0.05) is 11.3 Å². The smallest absolute Gasteiger partial charge is 0.323 e. The van der Waals surface area contributed by atoms with Crippen molar-refractivity contribution < 1.29 is 19.4 Å². The molecule has 2 aliphatic rings. The third kappa shape index (κ3) is 3.87. The maximum Gasteiger partial charge on any atom is 0.323 e. The zero-order valence-electron chi connectivity index (χ0n) is 16.0. The van der Waals surface area contributed by atoms with Crippen molar-refractivity contribution in [1.29, 1.82) is 0 Å². The monoisotopic (exact) mass is 406 g/mol. The first-order chi connectivity index (χ1) is 13.7. The third-order valence-electron chi connectivity index (χ3n) is 5.34. The van der Waals surface area contributed by atoms with Crippen LogP contribution in [0.15, 0.2) is 12.1 Å². The lowest BCUT2D eigenvalue weighted by molar-refractivity contribution is 0.123. The van der Waals surface area contributed by atoms with Crippen molar-refractivity contribution in [3.8, 4) is 5.75 Å². The van der Waals surface area contributed by atoms with Crippen LogP contribution in [0.2, 0.25) is 0 Å². The number of urea groups is 1. The molecule has 2 saturated heterocycles. The number of amides is 2. The average Bonchev–Trinajstić information content (AvgIpc) is 3.17. The maximum absolute atomic E-state index is 12.7. The molecule has 1 atom stereocenters. The molecular weight excluding hydrogens is 380 g/mol. The van der Waals surface area contributed by atoms with Crippen molar-refractivity contribution in [2.24, 2.45) is 5.92 Å². The van der Waals surface area contributed by atoms with E-state index in [1.807, 2.05) is 12.1 Å². The zero-order chi connectivity index (χ0) is 19.5. The van der Waals surface area contributed by atoms with Crippen LogP contribution < -0.4 is 15.0 Å². The largest absolute Gasteiger partial charge is 0.494 e. The van der Waals surface area contributed by atoms with Crippen molar-refractivity contribution >= 4 is 38.4 Å². The molecule has 1 aromatic heterocycles. The van der Waals surface area contributed by atoms with Crippen molar-refractivity contribution in [3.05, 3.63) is 12.1 Å². The first-order valence-electron chi connectivity index (χ1n) is 9.66. The van der Waals surface area contributed by atoms with Crippen LogP contribution in [0.25, 0.3) is 10.2 Å². The number of aliphatic hydroxyl groups is 1. The van der Waals surface area contributed by atoms with Gasteiger partial charge in [0.05, 0.1) is 30.7 Å². The van der Waals surface area contributed by atoms with E-state index in [0.29, 0.717) is 37.2 Å². The third-order valence-corrected chi connectivity index (χ3v) is 6.33. The number of hydrogen-bond acceptors (Lipinski definition) is 7. The molecule has 0 unspecified atom stereocenters. The second-order valence-corrected chi connectivity index (χ2v) is 8.15. The molecular formula is C19H26N4O4S. The number of methoxy groups -OCH3 is 1. The molecule has 8 nitrogen and oxygen atoms in total. The van der Waals surface area contributed by atoms with E-state index < -0.39 is 0 Å². The number of aromatic nitrogens is 1. The molecule has 9 heteroatoms. The summed E-state index contributed by atoms with van der Waals surface area (Å²) in [6.07, 6.45) is 1.87. The fourth-order valence-electron chi connectivity index (χ4n) is 3.81. The molecule has 0 spiro atoms. The number of aliphatic hydroxyl groups excluding tert-OH is 1. The van der Waals surface area contributed by atoms with Crippen LogP contribution in [0.3, 0.4) is 0 Å². The van der Waals surface area contributed by atoms with Gasteiger partial charge in [-0.05, 0) is 30.9 Å². The Hall–Kier alpha value is -2.10. The van der Waals surface area contributed by atoms with Gasteiger partial charge < -0.3 is 24.4 Å². The average molecular weight is 407 g/mol. The topological polar surface area (TPSA) is 87.2 Å². The van der Waals surface area contributed by atoms with E-state index in [1.165, 1.54) is 11.3 Å². The SMILES string of the molecule is COc1ccc(N2CCOCC2)c2sc(NC(=O)N3CCC[C@@H](CO)C3)nc12. The quantitative estimate of drug-likeness (QED) is 0.811. The Balaban J connectivity index is 1.58. The molecule has 4 rings (SSSR count). The Morgan fingerprint density at radius 2 is 2.21 bits per heavy atom.